The highest BCUT2D eigenvalue weighted by Gasteiger charge is 2.64. The molecule has 1 saturated heterocycles. The summed E-state index contributed by atoms with van der Waals surface area (Å²) in [5.41, 5.74) is 1.27. The molecule has 8 heteroatoms. The molecule has 1 heterocycles. The van der Waals surface area contributed by atoms with Crippen LogP contribution in [0.2, 0.25) is 5.02 Å². The van der Waals surface area contributed by atoms with Crippen LogP contribution in [0, 0.1) is 30.6 Å². The first-order valence-electron chi connectivity index (χ1n) is 8.48. The van der Waals surface area contributed by atoms with Gasteiger partial charge in [-0.3, -0.25) is 14.4 Å². The van der Waals surface area contributed by atoms with E-state index in [9.17, 15) is 14.4 Å². The van der Waals surface area contributed by atoms with Crippen LogP contribution in [0.25, 0.3) is 0 Å². The molecule has 1 aromatic rings. The average molecular weight is 443 g/mol. The average Bonchev–Trinajstić information content (AvgIpc) is 3.22. The van der Waals surface area contributed by atoms with Gasteiger partial charge in [-0.2, -0.15) is 0 Å². The fourth-order valence-electron chi connectivity index (χ4n) is 4.53. The standard InChI is InChI=1S/C18H17BrClNO5/c1-7-11(3-2-10(19)16(7)20)21-13(22)6-25-17(23)14-8-4-9-12(5-8)26-18(24)15(9)14/h2-3,8-9,12,14-15H,4-6H2,1H3,(H,21,22)/t8-,9+,12+,14-,15-/m1/s1. The van der Waals surface area contributed by atoms with Crippen LogP contribution >= 0.6 is 27.5 Å². The van der Waals surface area contributed by atoms with Gasteiger partial charge in [-0.05, 0) is 59.3 Å². The maximum absolute atomic E-state index is 12.5. The molecule has 3 aliphatic rings. The lowest BCUT2D eigenvalue weighted by molar-refractivity contribution is -0.157. The fourth-order valence-corrected chi connectivity index (χ4v) is 5.13. The number of hydrogen-bond donors (Lipinski definition) is 1. The van der Waals surface area contributed by atoms with Gasteiger partial charge in [0.1, 0.15) is 6.10 Å². The molecule has 1 amide bonds. The molecule has 1 aliphatic heterocycles. The number of nitrogens with one attached hydrogen (secondary N) is 1. The Morgan fingerprint density at radius 2 is 2.15 bits per heavy atom. The predicted octanol–water partition coefficient (Wildman–Crippen LogP) is 3.09. The van der Waals surface area contributed by atoms with Crippen LogP contribution in [0.3, 0.4) is 0 Å². The van der Waals surface area contributed by atoms with Crippen LogP contribution in [0.4, 0.5) is 5.69 Å². The van der Waals surface area contributed by atoms with Crippen molar-refractivity contribution < 1.29 is 23.9 Å². The van der Waals surface area contributed by atoms with Gasteiger partial charge >= 0.3 is 11.9 Å². The van der Waals surface area contributed by atoms with Crippen LogP contribution in [-0.2, 0) is 23.9 Å². The number of carbonyl (C=O) groups is 3. The molecule has 6 nitrogen and oxygen atoms in total. The lowest BCUT2D eigenvalue weighted by atomic mass is 9.80. The fraction of sp³-hybridized carbons (Fsp3) is 0.500. The third-order valence-electron chi connectivity index (χ3n) is 5.71. The van der Waals surface area contributed by atoms with Crippen LogP contribution in [0.5, 0.6) is 0 Å². The largest absolute Gasteiger partial charge is 0.462 e. The first kappa shape index (κ1) is 17.8. The highest BCUT2D eigenvalue weighted by Crippen LogP contribution is 2.57. The molecule has 2 aliphatic carbocycles. The third-order valence-corrected chi connectivity index (χ3v) is 7.09. The first-order chi connectivity index (χ1) is 12.4. The van der Waals surface area contributed by atoms with Crippen molar-refractivity contribution >= 4 is 51.1 Å². The molecule has 4 rings (SSSR count). The molecular formula is C18H17BrClNO5. The first-order valence-corrected chi connectivity index (χ1v) is 9.65. The molecule has 0 spiro atoms. The van der Waals surface area contributed by atoms with E-state index in [1.54, 1.807) is 19.1 Å². The second kappa shape index (κ2) is 6.53. The van der Waals surface area contributed by atoms with Crippen LogP contribution in [-0.4, -0.2) is 30.6 Å². The minimum atomic E-state index is -0.486. The molecule has 2 saturated carbocycles. The van der Waals surface area contributed by atoms with E-state index < -0.39 is 30.3 Å². The summed E-state index contributed by atoms with van der Waals surface area (Å²) in [5.74, 6) is -1.87. The second-order valence-corrected chi connectivity index (χ2v) is 8.34. The topological polar surface area (TPSA) is 81.7 Å². The number of carbonyl (C=O) groups excluding carboxylic acids is 3. The summed E-state index contributed by atoms with van der Waals surface area (Å²) < 4.78 is 11.3. The Bertz CT molecular complexity index is 811. The highest BCUT2D eigenvalue weighted by molar-refractivity contribution is 9.10. The molecular weight excluding hydrogens is 426 g/mol. The second-order valence-electron chi connectivity index (χ2n) is 7.11. The summed E-state index contributed by atoms with van der Waals surface area (Å²) >= 11 is 9.46. The lowest BCUT2D eigenvalue weighted by Crippen LogP contribution is -2.35. The Morgan fingerprint density at radius 3 is 2.92 bits per heavy atom. The Morgan fingerprint density at radius 1 is 1.38 bits per heavy atom. The van der Waals surface area contributed by atoms with Crippen molar-refractivity contribution in [1.29, 1.82) is 0 Å². The number of amides is 1. The number of fused-ring (bicyclic) bond motifs is 1. The maximum Gasteiger partial charge on any atom is 0.310 e. The number of halogens is 2. The van der Waals surface area contributed by atoms with Gasteiger partial charge in [-0.25, -0.2) is 0 Å². The number of benzene rings is 1. The van der Waals surface area contributed by atoms with Crippen molar-refractivity contribution in [2.45, 2.75) is 25.9 Å². The summed E-state index contributed by atoms with van der Waals surface area (Å²) in [6.45, 7) is 1.39. The van der Waals surface area contributed by atoms with Crippen molar-refractivity contribution in [3.63, 3.8) is 0 Å². The van der Waals surface area contributed by atoms with Gasteiger partial charge in [0.15, 0.2) is 6.61 Å². The van der Waals surface area contributed by atoms with Gasteiger partial charge in [0.2, 0.25) is 0 Å². The van der Waals surface area contributed by atoms with Gasteiger partial charge in [0.05, 0.1) is 16.9 Å². The molecule has 0 aromatic heterocycles. The Kier molecular flexibility index (Phi) is 4.47. The maximum atomic E-state index is 12.5. The minimum absolute atomic E-state index is 0.0324. The van der Waals surface area contributed by atoms with E-state index in [0.29, 0.717) is 16.3 Å². The molecule has 1 aromatic carbocycles. The van der Waals surface area contributed by atoms with Crippen molar-refractivity contribution in [2.75, 3.05) is 11.9 Å². The van der Waals surface area contributed by atoms with Gasteiger partial charge in [-0.1, -0.05) is 11.6 Å². The smallest absolute Gasteiger partial charge is 0.310 e. The molecule has 138 valence electrons. The van der Waals surface area contributed by atoms with E-state index in [4.69, 9.17) is 21.1 Å². The van der Waals surface area contributed by atoms with E-state index in [0.717, 1.165) is 17.3 Å². The summed E-state index contributed by atoms with van der Waals surface area (Å²) in [5, 5.41) is 3.20. The molecule has 26 heavy (non-hydrogen) atoms. The SMILES string of the molecule is Cc1c(NC(=O)COC(=O)[C@@H]2[C@@H]3C[C@@H]4[C@H]2C(=O)O[C@H]4C3)ccc(Br)c1Cl. The predicted molar refractivity (Wildman–Crippen MR) is 96.6 cm³/mol. The molecule has 5 atom stereocenters. The number of anilines is 1. The van der Waals surface area contributed by atoms with E-state index in [2.05, 4.69) is 21.2 Å². The monoisotopic (exact) mass is 441 g/mol. The van der Waals surface area contributed by atoms with Crippen LogP contribution in [0.1, 0.15) is 18.4 Å². The zero-order valence-corrected chi connectivity index (χ0v) is 16.3. The summed E-state index contributed by atoms with van der Waals surface area (Å²) in [6.07, 6.45) is 1.51. The van der Waals surface area contributed by atoms with Gasteiger partial charge in [0.25, 0.3) is 5.91 Å². The van der Waals surface area contributed by atoms with Gasteiger partial charge in [0, 0.05) is 16.1 Å². The summed E-state index contributed by atoms with van der Waals surface area (Å²) in [7, 11) is 0. The van der Waals surface area contributed by atoms with Gasteiger partial charge in [-0.15, -0.1) is 0 Å². The van der Waals surface area contributed by atoms with Crippen molar-refractivity contribution in [3.8, 4) is 0 Å². The van der Waals surface area contributed by atoms with Crippen molar-refractivity contribution in [1.82, 2.24) is 0 Å². The Hall–Kier alpha value is -1.60. The quantitative estimate of drug-likeness (QED) is 0.725. The Balaban J connectivity index is 1.36. The van der Waals surface area contributed by atoms with E-state index >= 15 is 0 Å². The Labute approximate surface area is 163 Å². The zero-order chi connectivity index (χ0) is 18.6. The number of ether oxygens (including phenoxy) is 2. The zero-order valence-electron chi connectivity index (χ0n) is 14.0. The number of hydrogen-bond acceptors (Lipinski definition) is 5. The summed E-state index contributed by atoms with van der Waals surface area (Å²) in [6, 6.07) is 3.45. The highest BCUT2D eigenvalue weighted by atomic mass is 79.9. The van der Waals surface area contributed by atoms with Gasteiger partial charge < -0.3 is 14.8 Å². The van der Waals surface area contributed by atoms with E-state index in [1.165, 1.54) is 0 Å². The molecule has 0 radical (unpaired) electrons. The normalized spacial score (nSPS) is 31.0. The molecule has 2 bridgehead atoms. The third kappa shape index (κ3) is 2.81. The number of esters is 2. The van der Waals surface area contributed by atoms with Crippen molar-refractivity contribution in [2.24, 2.45) is 23.7 Å². The van der Waals surface area contributed by atoms with E-state index in [-0.39, 0.29) is 23.9 Å². The molecule has 0 unspecified atom stereocenters. The van der Waals surface area contributed by atoms with E-state index in [1.807, 2.05) is 0 Å². The minimum Gasteiger partial charge on any atom is -0.462 e. The number of rotatable bonds is 4. The summed E-state index contributed by atoms with van der Waals surface area (Å²) in [4.78, 5) is 36.5. The van der Waals surface area contributed by atoms with Crippen LogP contribution < -0.4 is 5.32 Å². The lowest BCUT2D eigenvalue weighted by Gasteiger charge is -2.22. The molecule has 1 N–H and O–H groups in total. The van der Waals surface area contributed by atoms with Crippen molar-refractivity contribution in [3.05, 3.63) is 27.2 Å². The van der Waals surface area contributed by atoms with Crippen LogP contribution in [0.15, 0.2) is 16.6 Å². The molecule has 3 fully saturated rings.